The van der Waals surface area contributed by atoms with E-state index in [-0.39, 0.29) is 37.1 Å². The third kappa shape index (κ3) is 5.02. The Morgan fingerprint density at radius 3 is 2.47 bits per heavy atom. The molecule has 2 aliphatic heterocycles. The average molecular weight is 517 g/mol. The molecule has 9 heteroatoms. The van der Waals surface area contributed by atoms with Crippen molar-refractivity contribution < 1.29 is 23.5 Å². The molecule has 3 amide bonds. The summed E-state index contributed by atoms with van der Waals surface area (Å²) in [4.78, 5) is 47.3. The molecule has 0 aliphatic carbocycles. The van der Waals surface area contributed by atoms with E-state index in [0.717, 1.165) is 11.1 Å². The second-order valence-electron chi connectivity index (χ2n) is 9.66. The zero-order valence-electron chi connectivity index (χ0n) is 21.1. The van der Waals surface area contributed by atoms with Gasteiger partial charge < -0.3 is 15.0 Å². The minimum Gasteiger partial charge on any atom is -0.353 e. The van der Waals surface area contributed by atoms with E-state index in [0.29, 0.717) is 24.9 Å². The smallest absolute Gasteiger partial charge is 0.256 e. The molecule has 3 aromatic rings. The molecule has 1 N–H and O–H groups in total. The number of pyridine rings is 1. The molecule has 8 nitrogen and oxygen atoms in total. The van der Waals surface area contributed by atoms with E-state index in [4.69, 9.17) is 4.74 Å². The number of hydrogen-bond acceptors (Lipinski definition) is 5. The first-order valence-electron chi connectivity index (χ1n) is 12.6. The number of hydrogen-bond donors (Lipinski definition) is 1. The topological polar surface area (TPSA) is 91.8 Å². The Hall–Kier alpha value is -4.11. The lowest BCUT2D eigenvalue weighted by atomic mass is 9.95. The molecule has 196 valence electrons. The second-order valence-corrected chi connectivity index (χ2v) is 9.66. The number of carbonyl (C=O) groups is 3. The summed E-state index contributed by atoms with van der Waals surface area (Å²) in [5.74, 6) is -1.59. The number of aromatic nitrogens is 1. The van der Waals surface area contributed by atoms with Gasteiger partial charge in [-0.05, 0) is 48.9 Å². The Kier molecular flexibility index (Phi) is 7.20. The van der Waals surface area contributed by atoms with Gasteiger partial charge in [-0.3, -0.25) is 24.3 Å². The van der Waals surface area contributed by atoms with E-state index in [2.05, 4.69) is 10.3 Å². The number of aryl methyl sites for hydroxylation is 1. The van der Waals surface area contributed by atoms with Crippen LogP contribution >= 0.6 is 0 Å². The fourth-order valence-corrected chi connectivity index (χ4v) is 5.16. The van der Waals surface area contributed by atoms with Crippen LogP contribution in [0.5, 0.6) is 0 Å². The molecule has 1 atom stereocenters. The summed E-state index contributed by atoms with van der Waals surface area (Å²) in [6.07, 6.45) is 3.91. The third-order valence-corrected chi connectivity index (χ3v) is 7.20. The van der Waals surface area contributed by atoms with Gasteiger partial charge in [0.15, 0.2) is 0 Å². The van der Waals surface area contributed by atoms with Gasteiger partial charge in [0, 0.05) is 50.4 Å². The highest BCUT2D eigenvalue weighted by Crippen LogP contribution is 2.39. The molecule has 5 rings (SSSR count). The molecule has 2 aromatic carbocycles. The predicted octanol–water partition coefficient (Wildman–Crippen LogP) is 3.32. The first-order valence-corrected chi connectivity index (χ1v) is 12.6. The number of carbonyl (C=O) groups excluding carboxylic acids is 3. The minimum atomic E-state index is -1.05. The Morgan fingerprint density at radius 1 is 1.03 bits per heavy atom. The Labute approximate surface area is 220 Å². The fourth-order valence-electron chi connectivity index (χ4n) is 5.16. The lowest BCUT2D eigenvalue weighted by Gasteiger charge is -2.44. The van der Waals surface area contributed by atoms with Gasteiger partial charge in [-0.2, -0.15) is 0 Å². The molecule has 0 bridgehead atoms. The van der Waals surface area contributed by atoms with Crippen molar-refractivity contribution >= 4 is 17.7 Å². The molecule has 0 saturated carbocycles. The maximum absolute atomic E-state index is 14.2. The highest BCUT2D eigenvalue weighted by Gasteiger charge is 2.54. The van der Waals surface area contributed by atoms with Crippen molar-refractivity contribution in [2.45, 2.75) is 38.1 Å². The largest absolute Gasteiger partial charge is 0.353 e. The number of amides is 3. The summed E-state index contributed by atoms with van der Waals surface area (Å²) < 4.78 is 20.5. The summed E-state index contributed by atoms with van der Waals surface area (Å²) in [7, 11) is 0. The van der Waals surface area contributed by atoms with Crippen LogP contribution in [0.4, 0.5) is 4.39 Å². The molecular formula is C29H29FN4O4. The van der Waals surface area contributed by atoms with Gasteiger partial charge in [0.1, 0.15) is 17.6 Å². The van der Waals surface area contributed by atoms with Crippen molar-refractivity contribution in [2.75, 3.05) is 19.7 Å². The molecule has 1 spiro atoms. The zero-order chi connectivity index (χ0) is 26.7. The first kappa shape index (κ1) is 25.5. The summed E-state index contributed by atoms with van der Waals surface area (Å²) in [5, 5.41) is 2.92. The summed E-state index contributed by atoms with van der Waals surface area (Å²) in [6.45, 7) is 2.76. The van der Waals surface area contributed by atoms with Gasteiger partial charge >= 0.3 is 0 Å². The van der Waals surface area contributed by atoms with Gasteiger partial charge in [0.2, 0.25) is 5.91 Å². The maximum Gasteiger partial charge on any atom is 0.256 e. The first-order chi connectivity index (χ1) is 18.4. The number of piperidine rings is 1. The van der Waals surface area contributed by atoms with Gasteiger partial charge in [-0.25, -0.2) is 4.39 Å². The van der Waals surface area contributed by atoms with E-state index in [1.54, 1.807) is 52.5 Å². The predicted molar refractivity (Wildman–Crippen MR) is 137 cm³/mol. The van der Waals surface area contributed by atoms with Crippen LogP contribution in [-0.2, 0) is 16.1 Å². The normalized spacial score (nSPS) is 18.4. The van der Waals surface area contributed by atoms with Crippen molar-refractivity contribution in [1.29, 1.82) is 0 Å². The van der Waals surface area contributed by atoms with Crippen molar-refractivity contribution in [3.63, 3.8) is 0 Å². The molecule has 2 saturated heterocycles. The van der Waals surface area contributed by atoms with E-state index in [9.17, 15) is 18.8 Å². The van der Waals surface area contributed by atoms with Crippen LogP contribution in [0.1, 0.15) is 44.7 Å². The lowest BCUT2D eigenvalue weighted by molar-refractivity contribution is -0.128. The average Bonchev–Trinajstić information content (AvgIpc) is 3.30. The Morgan fingerprint density at radius 2 is 1.76 bits per heavy atom. The number of nitrogens with one attached hydrogen (secondary N) is 1. The molecule has 2 aliphatic rings. The van der Waals surface area contributed by atoms with Crippen LogP contribution in [0.15, 0.2) is 73.1 Å². The highest BCUT2D eigenvalue weighted by molar-refractivity contribution is 5.99. The fraction of sp³-hybridized carbons (Fsp3) is 0.310. The van der Waals surface area contributed by atoms with Crippen LogP contribution < -0.4 is 5.32 Å². The number of halogens is 1. The molecule has 0 radical (unpaired) electrons. The molecule has 1 unspecified atom stereocenters. The van der Waals surface area contributed by atoms with Crippen LogP contribution in [0.25, 0.3) is 0 Å². The van der Waals surface area contributed by atoms with Crippen molar-refractivity contribution in [3.05, 3.63) is 101 Å². The van der Waals surface area contributed by atoms with E-state index >= 15 is 0 Å². The third-order valence-electron chi connectivity index (χ3n) is 7.20. The number of rotatable bonds is 5. The Balaban J connectivity index is 1.37. The Bertz CT molecular complexity index is 1340. The highest BCUT2D eigenvalue weighted by atomic mass is 19.1. The van der Waals surface area contributed by atoms with Crippen molar-refractivity contribution in [2.24, 2.45) is 0 Å². The zero-order valence-corrected chi connectivity index (χ0v) is 21.1. The van der Waals surface area contributed by atoms with Gasteiger partial charge in [0.25, 0.3) is 11.8 Å². The second kappa shape index (κ2) is 10.7. The lowest BCUT2D eigenvalue weighted by Crippen LogP contribution is -2.59. The standard InChI is InChI=1S/C29H29FN4O4/c1-20-5-4-6-22(17-20)27(36)34-25(26(35)32-18-21-9-13-31-14-10-21)19-38-29(34)11-15-33(16-12-29)28(37)23-7-2-3-8-24(23)30/h2-10,13-14,17,25H,11-12,15-16,18-19H2,1H3,(H,32,35). The minimum absolute atomic E-state index is 0.0110. The quantitative estimate of drug-likeness (QED) is 0.562. The van der Waals surface area contributed by atoms with Crippen LogP contribution in [-0.4, -0.2) is 64.0 Å². The molecule has 1 aromatic heterocycles. The van der Waals surface area contributed by atoms with Crippen LogP contribution in [0.3, 0.4) is 0 Å². The van der Waals surface area contributed by atoms with Crippen LogP contribution in [0.2, 0.25) is 0 Å². The molecular weight excluding hydrogens is 487 g/mol. The number of benzene rings is 2. The summed E-state index contributed by atoms with van der Waals surface area (Å²) >= 11 is 0. The summed E-state index contributed by atoms with van der Waals surface area (Å²) in [6, 6.07) is 15.9. The summed E-state index contributed by atoms with van der Waals surface area (Å²) in [5.41, 5.74) is 1.24. The van der Waals surface area contributed by atoms with Gasteiger partial charge in [-0.1, -0.05) is 29.8 Å². The molecule has 3 heterocycles. The van der Waals surface area contributed by atoms with Crippen molar-refractivity contribution in [1.82, 2.24) is 20.1 Å². The SMILES string of the molecule is Cc1cccc(C(=O)N2C(C(=O)NCc3ccncc3)COC23CCN(C(=O)c2ccccc2F)CC3)c1. The number of ether oxygens (including phenoxy) is 1. The van der Waals surface area contributed by atoms with E-state index < -0.39 is 23.5 Å². The van der Waals surface area contributed by atoms with Crippen molar-refractivity contribution in [3.8, 4) is 0 Å². The van der Waals surface area contributed by atoms with E-state index in [1.807, 2.05) is 25.1 Å². The van der Waals surface area contributed by atoms with Gasteiger partial charge in [0.05, 0.1) is 12.2 Å². The number of likely N-dealkylation sites (tertiary alicyclic amines) is 1. The van der Waals surface area contributed by atoms with E-state index in [1.165, 1.54) is 12.1 Å². The maximum atomic E-state index is 14.2. The number of nitrogens with zero attached hydrogens (tertiary/aromatic N) is 3. The molecule has 2 fully saturated rings. The van der Waals surface area contributed by atoms with Crippen LogP contribution in [0, 0.1) is 12.7 Å². The monoisotopic (exact) mass is 516 g/mol. The van der Waals surface area contributed by atoms with Gasteiger partial charge in [-0.15, -0.1) is 0 Å². The molecule has 38 heavy (non-hydrogen) atoms.